The summed E-state index contributed by atoms with van der Waals surface area (Å²) >= 11 is 0. The van der Waals surface area contributed by atoms with Gasteiger partial charge in [0.1, 0.15) is 0 Å². The zero-order valence-electron chi connectivity index (χ0n) is 14.2. The molecule has 0 aliphatic carbocycles. The fourth-order valence-electron chi connectivity index (χ4n) is 3.84. The normalized spacial score (nSPS) is 22.4. The maximum absolute atomic E-state index is 13.2. The van der Waals surface area contributed by atoms with Crippen LogP contribution in [0.2, 0.25) is 0 Å². The zero-order chi connectivity index (χ0) is 18.6. The highest BCUT2D eigenvalue weighted by Crippen LogP contribution is 2.42. The highest BCUT2D eigenvalue weighted by atomic mass is 32.2. The number of hydrogen-bond donors (Lipinski definition) is 1. The van der Waals surface area contributed by atoms with Crippen molar-refractivity contribution in [1.29, 1.82) is 0 Å². The van der Waals surface area contributed by atoms with E-state index in [1.54, 1.807) is 13.8 Å². The Morgan fingerprint density at radius 2 is 2.00 bits per heavy atom. The third kappa shape index (κ3) is 3.39. The molecule has 2 aromatic rings. The Bertz CT molecular complexity index is 903. The number of alkyl halides is 3. The van der Waals surface area contributed by atoms with Gasteiger partial charge in [0, 0.05) is 17.5 Å². The third-order valence-electron chi connectivity index (χ3n) is 4.86. The van der Waals surface area contributed by atoms with Gasteiger partial charge in [0.25, 0.3) is 0 Å². The lowest BCUT2D eigenvalue weighted by Crippen LogP contribution is -2.51. The van der Waals surface area contributed by atoms with E-state index in [2.05, 4.69) is 10.2 Å². The Morgan fingerprint density at radius 1 is 1.32 bits per heavy atom. The van der Waals surface area contributed by atoms with E-state index >= 15 is 0 Å². The second kappa shape index (κ2) is 5.70. The topological polar surface area (TPSA) is 66.1 Å². The Hall–Kier alpha value is -1.61. The molecule has 0 spiro atoms. The van der Waals surface area contributed by atoms with Crippen LogP contribution in [0.3, 0.4) is 0 Å². The summed E-state index contributed by atoms with van der Waals surface area (Å²) in [6, 6.07) is 2.23. The van der Waals surface area contributed by atoms with Crippen molar-refractivity contribution < 1.29 is 21.6 Å². The molecule has 1 N–H and O–H groups in total. The second-order valence-corrected chi connectivity index (χ2v) is 9.14. The molecule has 25 heavy (non-hydrogen) atoms. The van der Waals surface area contributed by atoms with Crippen LogP contribution in [0.4, 0.5) is 13.2 Å². The highest BCUT2D eigenvalue weighted by Gasteiger charge is 2.41. The van der Waals surface area contributed by atoms with Crippen molar-refractivity contribution >= 4 is 20.9 Å². The quantitative estimate of drug-likeness (QED) is 0.874. The van der Waals surface area contributed by atoms with Gasteiger partial charge < -0.3 is 0 Å². The lowest BCUT2D eigenvalue weighted by Gasteiger charge is -2.44. The molecule has 0 amide bonds. The largest absolute Gasteiger partial charge is 0.416 e. The van der Waals surface area contributed by atoms with E-state index in [1.165, 1.54) is 16.6 Å². The number of aromatic nitrogens is 2. The average molecular weight is 375 g/mol. The number of benzene rings is 1. The number of H-pyrrole nitrogens is 1. The molecule has 1 aromatic carbocycles. The minimum Gasteiger partial charge on any atom is -0.278 e. The summed E-state index contributed by atoms with van der Waals surface area (Å²) < 4.78 is 65.0. The molecule has 1 fully saturated rings. The van der Waals surface area contributed by atoms with Crippen LogP contribution in [-0.2, 0) is 16.2 Å². The molecule has 1 unspecified atom stereocenters. The van der Waals surface area contributed by atoms with E-state index in [1.807, 2.05) is 0 Å². The first-order valence-corrected chi connectivity index (χ1v) is 9.76. The van der Waals surface area contributed by atoms with Crippen molar-refractivity contribution in [2.24, 2.45) is 0 Å². The number of nitrogens with zero attached hydrogens (tertiary/aromatic N) is 2. The summed E-state index contributed by atoms with van der Waals surface area (Å²) in [7, 11) is -3.37. The highest BCUT2D eigenvalue weighted by molar-refractivity contribution is 7.88. The van der Waals surface area contributed by atoms with E-state index in [-0.39, 0.29) is 12.5 Å². The smallest absolute Gasteiger partial charge is 0.278 e. The summed E-state index contributed by atoms with van der Waals surface area (Å²) in [4.78, 5) is 0. The van der Waals surface area contributed by atoms with Gasteiger partial charge in [-0.15, -0.1) is 0 Å². The van der Waals surface area contributed by atoms with E-state index in [0.717, 1.165) is 12.3 Å². The number of aromatic amines is 1. The van der Waals surface area contributed by atoms with Crippen molar-refractivity contribution in [2.75, 3.05) is 12.8 Å². The van der Waals surface area contributed by atoms with Crippen molar-refractivity contribution in [1.82, 2.24) is 14.5 Å². The Labute approximate surface area is 144 Å². The number of sulfonamides is 1. The van der Waals surface area contributed by atoms with Gasteiger partial charge in [0.15, 0.2) is 0 Å². The molecule has 1 aromatic heterocycles. The van der Waals surface area contributed by atoms with Gasteiger partial charge in [0.2, 0.25) is 10.0 Å². The summed E-state index contributed by atoms with van der Waals surface area (Å²) in [5.41, 5.74) is -0.476. The van der Waals surface area contributed by atoms with Gasteiger partial charge >= 0.3 is 6.18 Å². The van der Waals surface area contributed by atoms with Crippen LogP contribution in [0.25, 0.3) is 10.9 Å². The molecule has 138 valence electrons. The van der Waals surface area contributed by atoms with Gasteiger partial charge in [-0.1, -0.05) is 0 Å². The third-order valence-corrected chi connectivity index (χ3v) is 6.34. The van der Waals surface area contributed by atoms with Crippen molar-refractivity contribution in [3.05, 3.63) is 29.5 Å². The minimum absolute atomic E-state index is 0.171. The summed E-state index contributed by atoms with van der Waals surface area (Å²) in [5, 5.41) is 7.14. The number of hydrogen-bond acceptors (Lipinski definition) is 3. The van der Waals surface area contributed by atoms with Crippen molar-refractivity contribution in [2.45, 2.75) is 44.3 Å². The van der Waals surface area contributed by atoms with E-state index < -0.39 is 27.3 Å². The van der Waals surface area contributed by atoms with Crippen LogP contribution in [0.5, 0.6) is 0 Å². The molecule has 1 aliphatic heterocycles. The first-order chi connectivity index (χ1) is 11.4. The zero-order valence-corrected chi connectivity index (χ0v) is 15.0. The predicted octanol–water partition coefficient (Wildman–Crippen LogP) is 3.50. The first kappa shape index (κ1) is 18.2. The fraction of sp³-hybridized carbons (Fsp3) is 0.562. The lowest BCUT2D eigenvalue weighted by atomic mass is 9.79. The molecule has 1 atom stereocenters. The molecule has 0 radical (unpaired) electrons. The van der Waals surface area contributed by atoms with Gasteiger partial charge in [-0.3, -0.25) is 5.10 Å². The molecule has 0 bridgehead atoms. The summed E-state index contributed by atoms with van der Waals surface area (Å²) in [5.74, 6) is -0.171. The number of piperidine rings is 1. The van der Waals surface area contributed by atoms with E-state index in [4.69, 9.17) is 0 Å². The number of nitrogens with one attached hydrogen (secondary N) is 1. The molecule has 2 heterocycles. The molecule has 0 saturated carbocycles. The minimum atomic E-state index is -4.45. The Balaban J connectivity index is 2.04. The van der Waals surface area contributed by atoms with Gasteiger partial charge in [-0.25, -0.2) is 8.42 Å². The van der Waals surface area contributed by atoms with Crippen LogP contribution < -0.4 is 0 Å². The summed E-state index contributed by atoms with van der Waals surface area (Å²) in [6.07, 6.45) is -0.842. The van der Waals surface area contributed by atoms with E-state index in [0.29, 0.717) is 29.3 Å². The van der Waals surface area contributed by atoms with Crippen LogP contribution in [0.1, 0.15) is 43.7 Å². The van der Waals surface area contributed by atoms with Crippen LogP contribution in [-0.4, -0.2) is 41.3 Å². The van der Waals surface area contributed by atoms with Gasteiger partial charge in [-0.2, -0.15) is 22.6 Å². The Kier molecular flexibility index (Phi) is 4.15. The maximum atomic E-state index is 13.2. The monoisotopic (exact) mass is 375 g/mol. The second-order valence-electron chi connectivity index (χ2n) is 7.23. The van der Waals surface area contributed by atoms with Crippen LogP contribution >= 0.6 is 0 Å². The first-order valence-electron chi connectivity index (χ1n) is 7.91. The Morgan fingerprint density at radius 3 is 2.56 bits per heavy atom. The lowest BCUT2D eigenvalue weighted by molar-refractivity contribution is -0.137. The number of rotatable bonds is 2. The van der Waals surface area contributed by atoms with Crippen LogP contribution in [0.15, 0.2) is 18.3 Å². The molecular formula is C16H20F3N3O2S. The van der Waals surface area contributed by atoms with E-state index in [9.17, 15) is 21.6 Å². The maximum Gasteiger partial charge on any atom is 0.416 e. The molecule has 9 heteroatoms. The molecule has 3 rings (SSSR count). The SMILES string of the molecule is CC1(C)CC(c2cc(C(F)(F)F)cc3[nH]ncc23)CCN1S(C)(=O)=O. The van der Waals surface area contributed by atoms with Gasteiger partial charge in [0.05, 0.1) is 23.5 Å². The van der Waals surface area contributed by atoms with Crippen LogP contribution in [0, 0.1) is 0 Å². The molecule has 1 aliphatic rings. The van der Waals surface area contributed by atoms with Gasteiger partial charge in [-0.05, 0) is 50.3 Å². The molecule has 5 nitrogen and oxygen atoms in total. The van der Waals surface area contributed by atoms with Crippen molar-refractivity contribution in [3.63, 3.8) is 0 Å². The summed E-state index contributed by atoms with van der Waals surface area (Å²) in [6.45, 7) is 3.90. The number of halogens is 3. The fourth-order valence-corrected chi connectivity index (χ4v) is 5.25. The predicted molar refractivity (Wildman–Crippen MR) is 88.7 cm³/mol. The van der Waals surface area contributed by atoms with Crippen molar-refractivity contribution in [3.8, 4) is 0 Å². The molecule has 1 saturated heterocycles. The average Bonchev–Trinajstić information content (AvgIpc) is 2.90. The number of fused-ring (bicyclic) bond motifs is 1. The molecular weight excluding hydrogens is 355 g/mol. The standard InChI is InChI=1S/C16H20F3N3O2S/c1-15(2)8-10(4-5-22(15)25(3,23)24)12-6-11(16(17,18)19)7-14-13(12)9-20-21-14/h6-7,9-10H,4-5,8H2,1-3H3,(H,20,21).